The summed E-state index contributed by atoms with van der Waals surface area (Å²) in [4.78, 5) is 11.3. The number of carboxylic acids is 1. The summed E-state index contributed by atoms with van der Waals surface area (Å²) in [6.45, 7) is 2.23. The maximum absolute atomic E-state index is 10.7. The first-order chi connectivity index (χ1) is 6.16. The van der Waals surface area contributed by atoms with E-state index in [1.165, 1.54) is 6.07 Å². The molecule has 0 unspecified atom stereocenters. The summed E-state index contributed by atoms with van der Waals surface area (Å²) in [5, 5.41) is 8.80. The number of rotatable bonds is 3. The van der Waals surface area contributed by atoms with Crippen molar-refractivity contribution in [2.45, 2.75) is 11.8 Å². The van der Waals surface area contributed by atoms with E-state index in [1.54, 1.807) is 19.1 Å². The van der Waals surface area contributed by atoms with Crippen molar-refractivity contribution in [2.24, 2.45) is 0 Å². The van der Waals surface area contributed by atoms with Gasteiger partial charge in [-0.3, -0.25) is 0 Å². The lowest BCUT2D eigenvalue weighted by molar-refractivity contribution is 0.0692. The monoisotopic (exact) mass is 198 g/mol. The molecular formula is C9H10O3S. The van der Waals surface area contributed by atoms with Crippen LogP contribution in [0, 0.1) is 0 Å². The molecule has 0 aliphatic carbocycles. The Morgan fingerprint density at radius 3 is 2.85 bits per heavy atom. The lowest BCUT2D eigenvalue weighted by atomic mass is 10.2. The standard InChI is InChI=1S/C9H10O3S/c1-2-12-8-6(9(10)11)4-3-5-7(8)13/h3-5,13H,2H2,1H3,(H,10,11). The largest absolute Gasteiger partial charge is 0.492 e. The van der Waals surface area contributed by atoms with Crippen LogP contribution in [0.5, 0.6) is 5.75 Å². The Labute approximate surface area is 81.8 Å². The predicted octanol–water partition coefficient (Wildman–Crippen LogP) is 2.07. The average Bonchev–Trinajstić information content (AvgIpc) is 2.08. The van der Waals surface area contributed by atoms with Crippen LogP contribution in [-0.4, -0.2) is 17.7 Å². The molecule has 0 aliphatic heterocycles. The van der Waals surface area contributed by atoms with Gasteiger partial charge in [-0.15, -0.1) is 12.6 Å². The van der Waals surface area contributed by atoms with Gasteiger partial charge in [-0.1, -0.05) is 6.07 Å². The smallest absolute Gasteiger partial charge is 0.339 e. The zero-order valence-electron chi connectivity index (χ0n) is 7.15. The summed E-state index contributed by atoms with van der Waals surface area (Å²) in [7, 11) is 0. The highest BCUT2D eigenvalue weighted by molar-refractivity contribution is 7.80. The van der Waals surface area contributed by atoms with E-state index in [4.69, 9.17) is 9.84 Å². The summed E-state index contributed by atoms with van der Waals surface area (Å²) in [5.41, 5.74) is 0.148. The van der Waals surface area contributed by atoms with Gasteiger partial charge in [0, 0.05) is 4.90 Å². The average molecular weight is 198 g/mol. The number of hydrogen-bond acceptors (Lipinski definition) is 3. The maximum Gasteiger partial charge on any atom is 0.339 e. The summed E-state index contributed by atoms with van der Waals surface area (Å²) >= 11 is 4.11. The molecule has 0 aromatic heterocycles. The number of ether oxygens (including phenoxy) is 1. The van der Waals surface area contributed by atoms with Crippen molar-refractivity contribution in [3.63, 3.8) is 0 Å². The van der Waals surface area contributed by atoms with Gasteiger partial charge in [0.05, 0.1) is 6.61 Å². The number of carboxylic acid groups (broad SMARTS) is 1. The Kier molecular flexibility index (Phi) is 3.19. The minimum Gasteiger partial charge on any atom is -0.492 e. The Morgan fingerprint density at radius 1 is 1.62 bits per heavy atom. The summed E-state index contributed by atoms with van der Waals surface area (Å²) < 4.78 is 5.17. The van der Waals surface area contributed by atoms with Crippen LogP contribution >= 0.6 is 12.6 Å². The van der Waals surface area contributed by atoms with Crippen molar-refractivity contribution in [2.75, 3.05) is 6.61 Å². The van der Waals surface area contributed by atoms with Crippen molar-refractivity contribution in [1.82, 2.24) is 0 Å². The van der Waals surface area contributed by atoms with Crippen LogP contribution < -0.4 is 4.74 Å². The highest BCUT2D eigenvalue weighted by Crippen LogP contribution is 2.26. The van der Waals surface area contributed by atoms with Crippen LogP contribution in [0.15, 0.2) is 23.1 Å². The molecular weight excluding hydrogens is 188 g/mol. The molecule has 0 aliphatic rings. The molecule has 4 heteroatoms. The molecule has 0 saturated carbocycles. The SMILES string of the molecule is CCOc1c(S)cccc1C(=O)O. The number of aromatic carboxylic acids is 1. The van der Waals surface area contributed by atoms with Gasteiger partial charge in [0.15, 0.2) is 0 Å². The van der Waals surface area contributed by atoms with Gasteiger partial charge in [-0.05, 0) is 19.1 Å². The first-order valence-corrected chi connectivity index (χ1v) is 4.29. The topological polar surface area (TPSA) is 46.5 Å². The van der Waals surface area contributed by atoms with Crippen LogP contribution in [0.2, 0.25) is 0 Å². The van der Waals surface area contributed by atoms with Crippen molar-refractivity contribution < 1.29 is 14.6 Å². The highest BCUT2D eigenvalue weighted by Gasteiger charge is 2.12. The van der Waals surface area contributed by atoms with E-state index in [2.05, 4.69) is 12.6 Å². The van der Waals surface area contributed by atoms with Crippen molar-refractivity contribution in [3.8, 4) is 5.75 Å². The third kappa shape index (κ3) is 2.15. The molecule has 0 amide bonds. The molecule has 0 spiro atoms. The lowest BCUT2D eigenvalue weighted by Gasteiger charge is -2.08. The summed E-state index contributed by atoms with van der Waals surface area (Å²) in [5.74, 6) is -0.666. The first-order valence-electron chi connectivity index (χ1n) is 3.85. The van der Waals surface area contributed by atoms with E-state index in [0.717, 1.165) is 0 Å². The fourth-order valence-electron chi connectivity index (χ4n) is 0.989. The van der Waals surface area contributed by atoms with E-state index >= 15 is 0 Å². The number of hydrogen-bond donors (Lipinski definition) is 2. The Morgan fingerprint density at radius 2 is 2.31 bits per heavy atom. The third-order valence-corrected chi connectivity index (χ3v) is 1.87. The van der Waals surface area contributed by atoms with Gasteiger partial charge < -0.3 is 9.84 Å². The Balaban J connectivity index is 3.17. The summed E-state index contributed by atoms with van der Waals surface area (Å²) in [6.07, 6.45) is 0. The fraction of sp³-hybridized carbons (Fsp3) is 0.222. The lowest BCUT2D eigenvalue weighted by Crippen LogP contribution is -2.03. The number of thiol groups is 1. The van der Waals surface area contributed by atoms with Gasteiger partial charge in [0.1, 0.15) is 11.3 Å². The van der Waals surface area contributed by atoms with Gasteiger partial charge in [0.2, 0.25) is 0 Å². The van der Waals surface area contributed by atoms with Crippen LogP contribution in [0.1, 0.15) is 17.3 Å². The molecule has 0 fully saturated rings. The fourth-order valence-corrected chi connectivity index (χ4v) is 1.26. The minimum atomic E-state index is -1.00. The number of carbonyl (C=O) groups is 1. The van der Waals surface area contributed by atoms with E-state index in [9.17, 15) is 4.79 Å². The van der Waals surface area contributed by atoms with Gasteiger partial charge in [0.25, 0.3) is 0 Å². The van der Waals surface area contributed by atoms with Crippen LogP contribution in [-0.2, 0) is 0 Å². The molecule has 0 radical (unpaired) electrons. The molecule has 3 nitrogen and oxygen atoms in total. The number of para-hydroxylation sites is 1. The van der Waals surface area contributed by atoms with E-state index in [0.29, 0.717) is 17.3 Å². The van der Waals surface area contributed by atoms with Crippen molar-refractivity contribution in [1.29, 1.82) is 0 Å². The molecule has 0 saturated heterocycles. The molecule has 13 heavy (non-hydrogen) atoms. The molecule has 0 atom stereocenters. The minimum absolute atomic E-state index is 0.148. The maximum atomic E-state index is 10.7. The zero-order chi connectivity index (χ0) is 9.84. The second-order valence-electron chi connectivity index (χ2n) is 2.39. The molecule has 70 valence electrons. The zero-order valence-corrected chi connectivity index (χ0v) is 8.04. The normalized spacial score (nSPS) is 9.69. The second kappa shape index (κ2) is 4.18. The molecule has 1 aromatic carbocycles. The molecule has 0 heterocycles. The van der Waals surface area contributed by atoms with Crippen LogP contribution in [0.25, 0.3) is 0 Å². The molecule has 1 rings (SSSR count). The number of benzene rings is 1. The Hall–Kier alpha value is -1.16. The first kappa shape index (κ1) is 9.92. The molecule has 0 bridgehead atoms. The highest BCUT2D eigenvalue weighted by atomic mass is 32.1. The van der Waals surface area contributed by atoms with E-state index < -0.39 is 5.97 Å². The van der Waals surface area contributed by atoms with Crippen molar-refractivity contribution in [3.05, 3.63) is 23.8 Å². The van der Waals surface area contributed by atoms with Gasteiger partial charge in [-0.2, -0.15) is 0 Å². The Bertz CT molecular complexity index is 323. The second-order valence-corrected chi connectivity index (χ2v) is 2.87. The molecule has 1 aromatic rings. The predicted molar refractivity (Wildman–Crippen MR) is 51.8 cm³/mol. The van der Waals surface area contributed by atoms with Crippen LogP contribution in [0.3, 0.4) is 0 Å². The third-order valence-electron chi connectivity index (χ3n) is 1.51. The van der Waals surface area contributed by atoms with Gasteiger partial charge in [-0.25, -0.2) is 4.79 Å². The molecule has 1 N–H and O–H groups in total. The van der Waals surface area contributed by atoms with Gasteiger partial charge >= 0.3 is 5.97 Å². The van der Waals surface area contributed by atoms with Crippen molar-refractivity contribution >= 4 is 18.6 Å². The van der Waals surface area contributed by atoms with Crippen LogP contribution in [0.4, 0.5) is 0 Å². The van der Waals surface area contributed by atoms with E-state index in [1.807, 2.05) is 0 Å². The quantitative estimate of drug-likeness (QED) is 0.731. The van der Waals surface area contributed by atoms with E-state index in [-0.39, 0.29) is 5.56 Å². The summed E-state index contributed by atoms with van der Waals surface area (Å²) in [6, 6.07) is 4.82.